The van der Waals surface area contributed by atoms with Gasteiger partial charge in [0, 0.05) is 20.3 Å². The van der Waals surface area contributed by atoms with Crippen molar-refractivity contribution in [2.24, 2.45) is 0 Å². The highest BCUT2D eigenvalue weighted by atomic mass is 127. The number of nitrogens with zero attached hydrogens (tertiary/aromatic N) is 2. The Labute approximate surface area is 195 Å². The Hall–Kier alpha value is -3.31. The first kappa shape index (κ1) is 19.6. The average Bonchev–Trinajstić information content (AvgIpc) is 2.85. The molecule has 0 bridgehead atoms. The van der Waals surface area contributed by atoms with Gasteiger partial charge < -0.3 is 0 Å². The van der Waals surface area contributed by atoms with Crippen LogP contribution >= 0.6 is 22.6 Å². The van der Waals surface area contributed by atoms with Crippen LogP contribution in [0.2, 0.25) is 0 Å². The van der Waals surface area contributed by atoms with Crippen LogP contribution in [-0.2, 0) is 0 Å². The summed E-state index contributed by atoms with van der Waals surface area (Å²) < 4.78 is 1.20. The highest BCUT2D eigenvalue weighted by molar-refractivity contribution is 14.1. The van der Waals surface area contributed by atoms with Gasteiger partial charge in [0.1, 0.15) is 0 Å². The number of hydrogen-bond donors (Lipinski definition) is 0. The van der Waals surface area contributed by atoms with E-state index in [-0.39, 0.29) is 0 Å². The predicted octanol–water partition coefficient (Wildman–Crippen LogP) is 7.75. The molecule has 0 aliphatic carbocycles. The molecule has 0 N–H and O–H groups in total. The SMILES string of the molecule is Ic1ccc(-c2cc(-c3ccccc3)nc(-c3ccc(-c4ccccc4)cc3)n2)cc1. The molecule has 0 atom stereocenters. The fourth-order valence-electron chi connectivity index (χ4n) is 3.54. The van der Waals surface area contributed by atoms with E-state index in [0.717, 1.165) is 33.9 Å². The van der Waals surface area contributed by atoms with Gasteiger partial charge in [-0.2, -0.15) is 0 Å². The summed E-state index contributed by atoms with van der Waals surface area (Å²) >= 11 is 2.32. The molecule has 4 aromatic carbocycles. The van der Waals surface area contributed by atoms with Crippen LogP contribution in [0.15, 0.2) is 115 Å². The van der Waals surface area contributed by atoms with Crippen LogP contribution in [0.1, 0.15) is 0 Å². The number of halogens is 1. The molecule has 1 heterocycles. The number of benzene rings is 4. The van der Waals surface area contributed by atoms with Gasteiger partial charge in [0.25, 0.3) is 0 Å². The quantitative estimate of drug-likeness (QED) is 0.231. The van der Waals surface area contributed by atoms with Crippen molar-refractivity contribution in [3.05, 3.63) is 119 Å². The summed E-state index contributed by atoms with van der Waals surface area (Å²) in [6.07, 6.45) is 0. The molecule has 2 nitrogen and oxygen atoms in total. The molecule has 1 aromatic heterocycles. The second kappa shape index (κ2) is 8.82. The minimum absolute atomic E-state index is 0.731. The average molecular weight is 510 g/mol. The highest BCUT2D eigenvalue weighted by Crippen LogP contribution is 2.29. The highest BCUT2D eigenvalue weighted by Gasteiger charge is 2.11. The van der Waals surface area contributed by atoms with E-state index in [0.29, 0.717) is 0 Å². The van der Waals surface area contributed by atoms with Crippen molar-refractivity contribution in [1.29, 1.82) is 0 Å². The molecule has 0 aliphatic rings. The minimum Gasteiger partial charge on any atom is -0.228 e. The van der Waals surface area contributed by atoms with Gasteiger partial charge in [-0.1, -0.05) is 97.1 Å². The maximum atomic E-state index is 4.92. The lowest BCUT2D eigenvalue weighted by molar-refractivity contribution is 1.18. The van der Waals surface area contributed by atoms with Crippen LogP contribution < -0.4 is 0 Å². The van der Waals surface area contributed by atoms with E-state index in [1.54, 1.807) is 0 Å². The molecular formula is C28H19IN2. The molecule has 5 rings (SSSR count). The lowest BCUT2D eigenvalue weighted by atomic mass is 10.0. The molecule has 0 aliphatic heterocycles. The van der Waals surface area contributed by atoms with E-state index >= 15 is 0 Å². The van der Waals surface area contributed by atoms with Crippen molar-refractivity contribution in [3.8, 4) is 45.0 Å². The summed E-state index contributed by atoms with van der Waals surface area (Å²) in [5.41, 5.74) is 7.40. The molecule has 0 fully saturated rings. The molecule has 0 radical (unpaired) electrons. The van der Waals surface area contributed by atoms with Gasteiger partial charge in [-0.3, -0.25) is 0 Å². The second-order valence-electron chi connectivity index (χ2n) is 7.28. The topological polar surface area (TPSA) is 25.8 Å². The Balaban J connectivity index is 1.60. The van der Waals surface area contributed by atoms with Crippen molar-refractivity contribution >= 4 is 22.6 Å². The van der Waals surface area contributed by atoms with Crippen molar-refractivity contribution in [2.75, 3.05) is 0 Å². The van der Waals surface area contributed by atoms with Crippen LogP contribution in [0.3, 0.4) is 0 Å². The Morgan fingerprint density at radius 2 is 0.839 bits per heavy atom. The fraction of sp³-hybridized carbons (Fsp3) is 0. The van der Waals surface area contributed by atoms with Crippen LogP contribution in [0.25, 0.3) is 45.0 Å². The van der Waals surface area contributed by atoms with E-state index in [9.17, 15) is 0 Å². The first-order valence-corrected chi connectivity index (χ1v) is 11.2. The summed E-state index contributed by atoms with van der Waals surface area (Å²) in [5.74, 6) is 0.731. The molecule has 0 saturated heterocycles. The summed E-state index contributed by atoms with van der Waals surface area (Å²) in [5, 5.41) is 0. The zero-order valence-corrected chi connectivity index (χ0v) is 18.9. The van der Waals surface area contributed by atoms with Gasteiger partial charge in [-0.15, -0.1) is 0 Å². The van der Waals surface area contributed by atoms with E-state index < -0.39 is 0 Å². The van der Waals surface area contributed by atoms with E-state index in [4.69, 9.17) is 9.97 Å². The van der Waals surface area contributed by atoms with Gasteiger partial charge in [0.15, 0.2) is 5.82 Å². The molecule has 0 unspecified atom stereocenters. The van der Waals surface area contributed by atoms with Crippen LogP contribution in [0.5, 0.6) is 0 Å². The van der Waals surface area contributed by atoms with Crippen molar-refractivity contribution in [1.82, 2.24) is 9.97 Å². The largest absolute Gasteiger partial charge is 0.228 e. The summed E-state index contributed by atoms with van der Waals surface area (Å²) in [4.78, 5) is 9.82. The van der Waals surface area contributed by atoms with Gasteiger partial charge in [-0.05, 0) is 51.9 Å². The second-order valence-corrected chi connectivity index (χ2v) is 8.52. The van der Waals surface area contributed by atoms with E-state index in [1.807, 2.05) is 24.3 Å². The molecule has 0 saturated carbocycles. The first-order chi connectivity index (χ1) is 15.3. The summed E-state index contributed by atoms with van der Waals surface area (Å²) in [6.45, 7) is 0. The molecule has 31 heavy (non-hydrogen) atoms. The molecular weight excluding hydrogens is 491 g/mol. The number of aromatic nitrogens is 2. The molecule has 0 amide bonds. The third-order valence-corrected chi connectivity index (χ3v) is 5.91. The Bertz CT molecular complexity index is 1300. The maximum Gasteiger partial charge on any atom is 0.160 e. The smallest absolute Gasteiger partial charge is 0.160 e. The summed E-state index contributed by atoms with van der Waals surface area (Å²) in [6, 6.07) is 39.6. The van der Waals surface area contributed by atoms with Crippen molar-refractivity contribution in [3.63, 3.8) is 0 Å². The van der Waals surface area contributed by atoms with Crippen molar-refractivity contribution < 1.29 is 0 Å². The maximum absolute atomic E-state index is 4.92. The monoisotopic (exact) mass is 510 g/mol. The normalized spacial score (nSPS) is 10.7. The number of rotatable bonds is 4. The van der Waals surface area contributed by atoms with Crippen LogP contribution in [0, 0.1) is 3.57 Å². The van der Waals surface area contributed by atoms with Gasteiger partial charge in [-0.25, -0.2) is 9.97 Å². The van der Waals surface area contributed by atoms with Gasteiger partial charge >= 0.3 is 0 Å². The van der Waals surface area contributed by atoms with Crippen LogP contribution in [-0.4, -0.2) is 9.97 Å². The van der Waals surface area contributed by atoms with E-state index in [1.165, 1.54) is 14.7 Å². The zero-order valence-electron chi connectivity index (χ0n) is 16.7. The van der Waals surface area contributed by atoms with Crippen molar-refractivity contribution in [2.45, 2.75) is 0 Å². The Morgan fingerprint density at radius 3 is 1.42 bits per heavy atom. The summed E-state index contributed by atoms with van der Waals surface area (Å²) in [7, 11) is 0. The lowest BCUT2D eigenvalue weighted by Gasteiger charge is -2.10. The predicted molar refractivity (Wildman–Crippen MR) is 136 cm³/mol. The van der Waals surface area contributed by atoms with Gasteiger partial charge in [0.05, 0.1) is 11.4 Å². The third-order valence-electron chi connectivity index (χ3n) is 5.19. The van der Waals surface area contributed by atoms with Crippen LogP contribution in [0.4, 0.5) is 0 Å². The minimum atomic E-state index is 0.731. The Morgan fingerprint density at radius 1 is 0.419 bits per heavy atom. The molecule has 0 spiro atoms. The molecule has 3 heteroatoms. The Kier molecular flexibility index (Phi) is 5.59. The first-order valence-electron chi connectivity index (χ1n) is 10.1. The van der Waals surface area contributed by atoms with E-state index in [2.05, 4.69) is 114 Å². The molecule has 5 aromatic rings. The zero-order chi connectivity index (χ0) is 21.0. The molecule has 148 valence electrons. The van der Waals surface area contributed by atoms with Gasteiger partial charge in [0.2, 0.25) is 0 Å². The lowest BCUT2D eigenvalue weighted by Crippen LogP contribution is -1.96. The third kappa shape index (κ3) is 4.42. The number of hydrogen-bond acceptors (Lipinski definition) is 2. The standard InChI is InChI=1S/C28H19IN2/c29-25-17-15-23(16-18-25)27-19-26(22-9-5-2-6-10-22)30-28(31-27)24-13-11-21(12-14-24)20-7-3-1-4-8-20/h1-19H. The fourth-order valence-corrected chi connectivity index (χ4v) is 3.90.